The summed E-state index contributed by atoms with van der Waals surface area (Å²) in [7, 11) is 0. The number of hydrogen-bond donors (Lipinski definition) is 1. The summed E-state index contributed by atoms with van der Waals surface area (Å²) in [5, 5.41) is 9.07. The Kier molecular flexibility index (Phi) is 4.63. The Morgan fingerprint density at radius 2 is 2.00 bits per heavy atom. The van der Waals surface area contributed by atoms with Crippen LogP contribution in [0.3, 0.4) is 0 Å². The van der Waals surface area contributed by atoms with Crippen LogP contribution < -0.4 is 0 Å². The van der Waals surface area contributed by atoms with E-state index in [1.165, 1.54) is 31.3 Å². The predicted octanol–water partition coefficient (Wildman–Crippen LogP) is 5.41. The van der Waals surface area contributed by atoms with E-state index in [0.29, 0.717) is 53.6 Å². The Hall–Kier alpha value is -1.38. The van der Waals surface area contributed by atoms with Crippen molar-refractivity contribution in [2.24, 2.45) is 40.4 Å². The lowest BCUT2D eigenvalue weighted by molar-refractivity contribution is -0.137. The third-order valence-electron chi connectivity index (χ3n) is 9.09. The van der Waals surface area contributed by atoms with Crippen molar-refractivity contribution >= 4 is 11.8 Å². The topological polar surface area (TPSA) is 54.4 Å². The summed E-state index contributed by atoms with van der Waals surface area (Å²) < 4.78 is 0. The van der Waals surface area contributed by atoms with Crippen LogP contribution in [0.25, 0.3) is 0 Å². The lowest BCUT2D eigenvalue weighted by atomic mass is 9.48. The van der Waals surface area contributed by atoms with Crippen molar-refractivity contribution in [3.63, 3.8) is 0 Å². The average molecular weight is 371 g/mol. The van der Waals surface area contributed by atoms with Gasteiger partial charge in [-0.15, -0.1) is 0 Å². The van der Waals surface area contributed by atoms with Crippen LogP contribution in [-0.2, 0) is 9.59 Å². The average Bonchev–Trinajstić information content (AvgIpc) is 2.97. The zero-order valence-electron chi connectivity index (χ0n) is 17.0. The molecule has 0 aliphatic heterocycles. The number of fused-ring (bicyclic) bond motifs is 5. The first-order chi connectivity index (χ1) is 12.8. The molecule has 2 saturated carbocycles. The van der Waals surface area contributed by atoms with Crippen LogP contribution in [0.15, 0.2) is 23.8 Å². The van der Waals surface area contributed by atoms with Gasteiger partial charge in [-0.25, -0.2) is 0 Å². The summed E-state index contributed by atoms with van der Waals surface area (Å²) in [4.78, 5) is 23.0. The molecule has 0 aromatic carbocycles. The van der Waals surface area contributed by atoms with Crippen LogP contribution in [-0.4, -0.2) is 16.9 Å². The van der Waals surface area contributed by atoms with E-state index in [1.807, 2.05) is 6.08 Å². The second kappa shape index (κ2) is 6.60. The molecule has 3 nitrogen and oxygen atoms in total. The summed E-state index contributed by atoms with van der Waals surface area (Å²) in [6.45, 7) is 7.17. The van der Waals surface area contributed by atoms with Gasteiger partial charge < -0.3 is 5.11 Å². The van der Waals surface area contributed by atoms with Crippen molar-refractivity contribution in [2.45, 2.75) is 72.1 Å². The van der Waals surface area contributed by atoms with E-state index in [9.17, 15) is 9.59 Å². The highest BCUT2D eigenvalue weighted by atomic mass is 16.4. The lowest BCUT2D eigenvalue weighted by Crippen LogP contribution is -2.49. The SMILES string of the molecule is CC(CCC(=O)O)C1CCC2C3C=CC4=CC(=O)CCC4(C)C3CCC12C. The fourth-order valence-corrected chi connectivity index (χ4v) is 7.52. The third-order valence-corrected chi connectivity index (χ3v) is 9.09. The number of carboxylic acids is 1. The maximum Gasteiger partial charge on any atom is 0.303 e. The molecule has 4 aliphatic rings. The van der Waals surface area contributed by atoms with Crippen LogP contribution in [0.1, 0.15) is 72.1 Å². The van der Waals surface area contributed by atoms with Gasteiger partial charge in [0.1, 0.15) is 0 Å². The Morgan fingerprint density at radius 3 is 2.74 bits per heavy atom. The predicted molar refractivity (Wildman–Crippen MR) is 106 cm³/mol. The van der Waals surface area contributed by atoms with Crippen molar-refractivity contribution in [3.05, 3.63) is 23.8 Å². The number of allylic oxidation sites excluding steroid dienone is 4. The van der Waals surface area contributed by atoms with Gasteiger partial charge in [0.05, 0.1) is 0 Å². The molecule has 4 aliphatic carbocycles. The largest absolute Gasteiger partial charge is 0.481 e. The Labute approximate surface area is 163 Å². The molecule has 1 N–H and O–H groups in total. The second-order valence-electron chi connectivity index (χ2n) is 10.3. The number of rotatable bonds is 4. The monoisotopic (exact) mass is 370 g/mol. The molecule has 7 atom stereocenters. The molecule has 4 rings (SSSR count). The van der Waals surface area contributed by atoms with Gasteiger partial charge in [0, 0.05) is 12.8 Å². The van der Waals surface area contributed by atoms with Crippen molar-refractivity contribution in [2.75, 3.05) is 0 Å². The smallest absolute Gasteiger partial charge is 0.303 e. The fourth-order valence-electron chi connectivity index (χ4n) is 7.52. The first-order valence-electron chi connectivity index (χ1n) is 10.9. The van der Waals surface area contributed by atoms with E-state index in [2.05, 4.69) is 32.9 Å². The van der Waals surface area contributed by atoms with E-state index >= 15 is 0 Å². The van der Waals surface area contributed by atoms with Crippen molar-refractivity contribution in [3.8, 4) is 0 Å². The number of aliphatic carboxylic acids is 1. The zero-order chi connectivity index (χ0) is 19.4. The molecule has 0 spiro atoms. The van der Waals surface area contributed by atoms with Gasteiger partial charge in [0.2, 0.25) is 0 Å². The Balaban J connectivity index is 1.59. The third kappa shape index (κ3) is 2.93. The molecule has 0 aromatic rings. The minimum absolute atomic E-state index is 0.168. The first kappa shape index (κ1) is 19.0. The summed E-state index contributed by atoms with van der Waals surface area (Å²) in [6, 6.07) is 0. The fraction of sp³-hybridized carbons (Fsp3) is 0.750. The molecule has 0 radical (unpaired) electrons. The molecular formula is C24H34O3. The van der Waals surface area contributed by atoms with Crippen molar-refractivity contribution < 1.29 is 14.7 Å². The van der Waals surface area contributed by atoms with Crippen LogP contribution >= 0.6 is 0 Å². The molecule has 27 heavy (non-hydrogen) atoms. The molecule has 148 valence electrons. The van der Waals surface area contributed by atoms with Gasteiger partial charge in [-0.05, 0) is 90.6 Å². The summed E-state index contributed by atoms with van der Waals surface area (Å²) >= 11 is 0. The first-order valence-corrected chi connectivity index (χ1v) is 10.9. The molecule has 0 bridgehead atoms. The van der Waals surface area contributed by atoms with Gasteiger partial charge >= 0.3 is 5.97 Å². The minimum atomic E-state index is -0.667. The van der Waals surface area contributed by atoms with E-state index < -0.39 is 5.97 Å². The highest BCUT2D eigenvalue weighted by Crippen LogP contribution is 2.66. The number of carbonyl (C=O) groups excluding carboxylic acids is 1. The molecule has 7 unspecified atom stereocenters. The van der Waals surface area contributed by atoms with Crippen molar-refractivity contribution in [1.82, 2.24) is 0 Å². The van der Waals surface area contributed by atoms with E-state index in [4.69, 9.17) is 5.11 Å². The van der Waals surface area contributed by atoms with E-state index in [0.717, 1.165) is 12.8 Å². The number of carbonyl (C=O) groups is 2. The van der Waals surface area contributed by atoms with E-state index in [-0.39, 0.29) is 5.41 Å². The van der Waals surface area contributed by atoms with Crippen LogP contribution in [0.5, 0.6) is 0 Å². The van der Waals surface area contributed by atoms with Gasteiger partial charge in [0.25, 0.3) is 0 Å². The van der Waals surface area contributed by atoms with E-state index in [1.54, 1.807) is 0 Å². The van der Waals surface area contributed by atoms with Gasteiger partial charge in [-0.2, -0.15) is 0 Å². The normalized spacial score (nSPS) is 44.1. The van der Waals surface area contributed by atoms with Gasteiger partial charge in [0.15, 0.2) is 5.78 Å². The highest BCUT2D eigenvalue weighted by molar-refractivity contribution is 5.92. The molecule has 0 aromatic heterocycles. The quantitative estimate of drug-likeness (QED) is 0.720. The second-order valence-corrected chi connectivity index (χ2v) is 10.3. The Bertz CT molecular complexity index is 704. The number of hydrogen-bond acceptors (Lipinski definition) is 2. The van der Waals surface area contributed by atoms with Crippen LogP contribution in [0, 0.1) is 40.4 Å². The van der Waals surface area contributed by atoms with Crippen LogP contribution in [0.4, 0.5) is 0 Å². The lowest BCUT2D eigenvalue weighted by Gasteiger charge is -2.56. The minimum Gasteiger partial charge on any atom is -0.481 e. The number of carboxylic acid groups (broad SMARTS) is 1. The number of ketones is 1. The highest BCUT2D eigenvalue weighted by Gasteiger charge is 2.58. The molecular weight excluding hydrogens is 336 g/mol. The van der Waals surface area contributed by atoms with Gasteiger partial charge in [-0.3, -0.25) is 9.59 Å². The van der Waals surface area contributed by atoms with Gasteiger partial charge in [-0.1, -0.05) is 32.9 Å². The maximum absolute atomic E-state index is 11.9. The molecule has 3 heteroatoms. The standard InChI is InChI=1S/C24H34O3/c1-15(4-9-22(26)27)19-7-8-20-18-6-5-16-14-17(25)10-12-23(16,2)21(18)11-13-24(19,20)3/h5-6,14-15,18-21H,4,7-13H2,1-3H3,(H,26,27). The summed E-state index contributed by atoms with van der Waals surface area (Å²) in [5.74, 6) is 2.75. The Morgan fingerprint density at radius 1 is 1.22 bits per heavy atom. The summed E-state index contributed by atoms with van der Waals surface area (Å²) in [5.41, 5.74) is 1.78. The molecule has 0 heterocycles. The molecule has 0 saturated heterocycles. The molecule has 0 amide bonds. The zero-order valence-corrected chi connectivity index (χ0v) is 17.0. The maximum atomic E-state index is 11.9. The van der Waals surface area contributed by atoms with Crippen LogP contribution in [0.2, 0.25) is 0 Å². The van der Waals surface area contributed by atoms with Crippen molar-refractivity contribution in [1.29, 1.82) is 0 Å². The molecule has 2 fully saturated rings. The summed E-state index contributed by atoms with van der Waals surface area (Å²) in [6.07, 6.45) is 14.4.